The number of ether oxygens (including phenoxy) is 4. The first-order valence-corrected chi connectivity index (χ1v) is 16.0. The van der Waals surface area contributed by atoms with Gasteiger partial charge in [-0.2, -0.15) is 0 Å². The highest BCUT2D eigenvalue weighted by Gasteiger charge is 2.53. The molecule has 0 bridgehead atoms. The molecule has 1 aromatic carbocycles. The second-order valence-corrected chi connectivity index (χ2v) is 13.2. The summed E-state index contributed by atoms with van der Waals surface area (Å²) in [7, 11) is 3.36. The first kappa shape index (κ1) is 33.7. The van der Waals surface area contributed by atoms with Gasteiger partial charge in [-0.3, -0.25) is 4.79 Å². The van der Waals surface area contributed by atoms with Crippen molar-refractivity contribution in [3.05, 3.63) is 23.8 Å². The summed E-state index contributed by atoms with van der Waals surface area (Å²) in [6.07, 6.45) is 8.05. The van der Waals surface area contributed by atoms with Crippen LogP contribution in [0.1, 0.15) is 84.6 Å². The van der Waals surface area contributed by atoms with E-state index in [4.69, 9.17) is 18.9 Å². The van der Waals surface area contributed by atoms with Crippen LogP contribution in [0.3, 0.4) is 0 Å². The predicted octanol–water partition coefficient (Wildman–Crippen LogP) is 6.05. The molecule has 1 spiro atoms. The number of benzene rings is 1. The van der Waals surface area contributed by atoms with Crippen LogP contribution in [0.5, 0.6) is 11.5 Å². The van der Waals surface area contributed by atoms with Crippen molar-refractivity contribution < 1.29 is 28.8 Å². The number of aliphatic hydroxyl groups excluding tert-OH is 1. The van der Waals surface area contributed by atoms with Crippen molar-refractivity contribution in [3.8, 4) is 11.5 Å². The maximum absolute atomic E-state index is 13.1. The van der Waals surface area contributed by atoms with Gasteiger partial charge in [-0.15, -0.1) is 0 Å². The Balaban J connectivity index is 1.46. The summed E-state index contributed by atoms with van der Waals surface area (Å²) in [6, 6.07) is 6.17. The van der Waals surface area contributed by atoms with Gasteiger partial charge in [0.05, 0.1) is 19.8 Å². The van der Waals surface area contributed by atoms with Crippen LogP contribution in [0.15, 0.2) is 18.2 Å². The van der Waals surface area contributed by atoms with E-state index in [1.54, 1.807) is 14.2 Å². The minimum atomic E-state index is -0.487. The van der Waals surface area contributed by atoms with Crippen molar-refractivity contribution in [2.45, 2.75) is 91.6 Å². The van der Waals surface area contributed by atoms with Gasteiger partial charge in [0.15, 0.2) is 11.5 Å². The molecule has 3 rings (SSSR count). The summed E-state index contributed by atoms with van der Waals surface area (Å²) in [4.78, 5) is 13.1. The molecule has 4 atom stereocenters. The van der Waals surface area contributed by atoms with Crippen LogP contribution in [-0.2, 0) is 20.7 Å². The fourth-order valence-electron chi connectivity index (χ4n) is 6.55. The number of hydrogen-bond acceptors (Lipinski definition) is 6. The average molecular weight is 576 g/mol. The van der Waals surface area contributed by atoms with E-state index in [0.717, 1.165) is 62.9 Å². The highest BCUT2D eigenvalue weighted by molar-refractivity contribution is 5.78. The molecule has 1 heterocycles. The van der Waals surface area contributed by atoms with Crippen molar-refractivity contribution >= 4 is 5.91 Å². The number of methoxy groups -OCH3 is 2. The smallest absolute Gasteiger partial charge is 0.223 e. The van der Waals surface area contributed by atoms with E-state index in [9.17, 15) is 9.90 Å². The van der Waals surface area contributed by atoms with E-state index in [1.165, 1.54) is 24.8 Å². The molecule has 2 N–H and O–H groups in total. The van der Waals surface area contributed by atoms with Gasteiger partial charge in [0.1, 0.15) is 0 Å². The van der Waals surface area contributed by atoms with E-state index >= 15 is 0 Å². The molecule has 2 fully saturated rings. The molecule has 0 aromatic heterocycles. The van der Waals surface area contributed by atoms with Crippen LogP contribution in [-0.4, -0.2) is 64.3 Å². The molecule has 7 heteroatoms. The second kappa shape index (κ2) is 16.7. The van der Waals surface area contributed by atoms with E-state index in [2.05, 4.69) is 45.1 Å². The largest absolute Gasteiger partial charge is 0.493 e. The van der Waals surface area contributed by atoms with Crippen LogP contribution in [0.25, 0.3) is 0 Å². The third-order valence-corrected chi connectivity index (χ3v) is 9.60. The van der Waals surface area contributed by atoms with Crippen LogP contribution in [0, 0.1) is 35.0 Å². The Labute approximate surface area is 249 Å². The van der Waals surface area contributed by atoms with Gasteiger partial charge < -0.3 is 29.4 Å². The molecule has 1 aliphatic heterocycles. The number of carbonyl (C=O) groups excluding carboxylic acids is 1. The summed E-state index contributed by atoms with van der Waals surface area (Å²) in [5, 5.41) is 14.2. The molecule has 1 saturated carbocycles. The van der Waals surface area contributed by atoms with Gasteiger partial charge >= 0.3 is 0 Å². The fourth-order valence-corrected chi connectivity index (χ4v) is 6.55. The topological polar surface area (TPSA) is 86.2 Å². The fraction of sp³-hybridized carbons (Fsp3) is 0.794. The van der Waals surface area contributed by atoms with Crippen LogP contribution >= 0.6 is 0 Å². The van der Waals surface area contributed by atoms with Crippen molar-refractivity contribution in [3.63, 3.8) is 0 Å². The summed E-state index contributed by atoms with van der Waals surface area (Å²) in [6.45, 7) is 12.4. The molecule has 1 aliphatic carbocycles. The van der Waals surface area contributed by atoms with E-state index in [0.29, 0.717) is 43.3 Å². The quantitative estimate of drug-likeness (QED) is 0.195. The summed E-state index contributed by atoms with van der Waals surface area (Å²) < 4.78 is 22.1. The van der Waals surface area contributed by atoms with Crippen molar-refractivity contribution in [2.24, 2.45) is 35.0 Å². The Morgan fingerprint density at radius 2 is 1.83 bits per heavy atom. The lowest BCUT2D eigenvalue weighted by molar-refractivity contribution is -0.127. The number of nitrogens with one attached hydrogen (secondary N) is 1. The van der Waals surface area contributed by atoms with Gasteiger partial charge in [0, 0.05) is 45.8 Å². The molecule has 234 valence electrons. The Hall–Kier alpha value is -1.83. The van der Waals surface area contributed by atoms with Gasteiger partial charge in [0.2, 0.25) is 5.91 Å². The first-order chi connectivity index (χ1) is 19.7. The monoisotopic (exact) mass is 575 g/mol. The third kappa shape index (κ3) is 10.4. The zero-order valence-corrected chi connectivity index (χ0v) is 26.6. The Morgan fingerprint density at radius 3 is 2.49 bits per heavy atom. The van der Waals surface area contributed by atoms with Gasteiger partial charge in [0.25, 0.3) is 0 Å². The predicted molar refractivity (Wildman–Crippen MR) is 163 cm³/mol. The van der Waals surface area contributed by atoms with Crippen LogP contribution in [0.2, 0.25) is 0 Å². The van der Waals surface area contributed by atoms with Gasteiger partial charge in [-0.1, -0.05) is 33.8 Å². The van der Waals surface area contributed by atoms with Gasteiger partial charge in [-0.25, -0.2) is 0 Å². The van der Waals surface area contributed by atoms with Crippen molar-refractivity contribution in [1.29, 1.82) is 0 Å². The molecule has 1 amide bonds. The minimum absolute atomic E-state index is 0.0948. The minimum Gasteiger partial charge on any atom is -0.493 e. The number of amides is 1. The molecule has 1 saturated heterocycles. The first-order valence-electron chi connectivity index (χ1n) is 16.0. The zero-order valence-electron chi connectivity index (χ0n) is 26.6. The molecule has 7 nitrogen and oxygen atoms in total. The normalized spacial score (nSPS) is 20.2. The van der Waals surface area contributed by atoms with Crippen molar-refractivity contribution in [2.75, 3.05) is 47.2 Å². The number of rotatable bonds is 19. The van der Waals surface area contributed by atoms with E-state index in [1.807, 2.05) is 6.07 Å². The lowest BCUT2D eigenvalue weighted by Crippen LogP contribution is -2.36. The summed E-state index contributed by atoms with van der Waals surface area (Å²) in [5.41, 5.74) is 1.70. The lowest BCUT2D eigenvalue weighted by atomic mass is 9.82. The van der Waals surface area contributed by atoms with Crippen molar-refractivity contribution in [1.82, 2.24) is 5.32 Å². The average Bonchev–Trinajstić information content (AvgIpc) is 3.61. The Kier molecular flexibility index (Phi) is 13.7. The number of aliphatic hydroxyl groups is 1. The number of carbonyl (C=O) groups is 1. The van der Waals surface area contributed by atoms with Crippen LogP contribution in [0.4, 0.5) is 0 Å². The molecule has 2 aliphatic rings. The van der Waals surface area contributed by atoms with E-state index < -0.39 is 6.10 Å². The molecule has 0 radical (unpaired) electrons. The second-order valence-electron chi connectivity index (χ2n) is 13.2. The molecule has 1 aromatic rings. The van der Waals surface area contributed by atoms with Crippen LogP contribution < -0.4 is 14.8 Å². The maximum Gasteiger partial charge on any atom is 0.223 e. The summed E-state index contributed by atoms with van der Waals surface area (Å²) in [5.74, 6) is 3.24. The molecular formula is C34H57NO6. The SMILES string of the molecule is COCCCOc1cc(CC(CC[C@@H](O)CC(C(=O)NCCC2CC23CCOCC3)C(C)C)C(C)C)ccc1OC. The Morgan fingerprint density at radius 1 is 1.07 bits per heavy atom. The maximum atomic E-state index is 13.1. The van der Waals surface area contributed by atoms with E-state index in [-0.39, 0.29) is 17.7 Å². The summed E-state index contributed by atoms with van der Waals surface area (Å²) >= 11 is 0. The molecular weight excluding hydrogens is 518 g/mol. The number of hydrogen-bond donors (Lipinski definition) is 2. The zero-order chi connectivity index (χ0) is 29.8. The Bertz CT molecular complexity index is 912. The standard InChI is InChI=1S/C34H57NO6/c1-24(2)27(20-26-8-11-31(39-6)32(21-26)41-17-7-16-38-5)9-10-29(36)22-30(25(3)4)33(37)35-15-12-28-23-34(28)13-18-40-19-14-34/h8,11,21,24-25,27-30,36H,7,9-10,12-20,22-23H2,1-6H3,(H,35,37)/t27?,28?,29-,30?/m1/s1. The lowest BCUT2D eigenvalue weighted by Gasteiger charge is -2.26. The molecule has 3 unspecified atom stereocenters. The highest BCUT2D eigenvalue weighted by Crippen LogP contribution is 2.60. The molecule has 41 heavy (non-hydrogen) atoms. The highest BCUT2D eigenvalue weighted by atomic mass is 16.5. The van der Waals surface area contributed by atoms with Gasteiger partial charge in [-0.05, 0) is 98.1 Å². The third-order valence-electron chi connectivity index (χ3n) is 9.60.